The summed E-state index contributed by atoms with van der Waals surface area (Å²) >= 11 is 4.78. The van der Waals surface area contributed by atoms with Gasteiger partial charge in [0.05, 0.1) is 5.25 Å². The lowest BCUT2D eigenvalue weighted by Crippen LogP contribution is -2.14. The molecule has 26 heavy (non-hydrogen) atoms. The van der Waals surface area contributed by atoms with E-state index in [9.17, 15) is 4.79 Å². The van der Waals surface area contributed by atoms with Crippen molar-refractivity contribution in [3.8, 4) is 11.4 Å². The van der Waals surface area contributed by atoms with Gasteiger partial charge in [0.1, 0.15) is 0 Å². The minimum absolute atomic E-state index is 0.0566. The van der Waals surface area contributed by atoms with E-state index in [1.807, 2.05) is 47.9 Å². The van der Waals surface area contributed by atoms with E-state index in [4.69, 9.17) is 0 Å². The highest BCUT2D eigenvalue weighted by atomic mass is 79.9. The first-order chi connectivity index (χ1) is 12.6. The van der Waals surface area contributed by atoms with Crippen molar-refractivity contribution in [2.75, 3.05) is 0 Å². The first kappa shape index (κ1) is 18.5. The Morgan fingerprint density at radius 1 is 1.23 bits per heavy atom. The zero-order valence-electron chi connectivity index (χ0n) is 14.2. The number of aromatic nitrogens is 4. The molecule has 0 amide bonds. The van der Waals surface area contributed by atoms with E-state index in [-0.39, 0.29) is 11.0 Å². The van der Waals surface area contributed by atoms with Crippen LogP contribution in [0.1, 0.15) is 17.3 Å². The quantitative estimate of drug-likeness (QED) is 0.311. The first-order valence-corrected chi connectivity index (χ1v) is 9.68. The molecule has 1 atom stereocenters. The van der Waals surface area contributed by atoms with Crippen LogP contribution in [0, 0.1) is 0 Å². The predicted molar refractivity (Wildman–Crippen MR) is 107 cm³/mol. The molecular weight excluding hydrogens is 412 g/mol. The third kappa shape index (κ3) is 4.11. The molecule has 7 heteroatoms. The summed E-state index contributed by atoms with van der Waals surface area (Å²) in [5, 5.41) is 9.00. The maximum atomic E-state index is 12.7. The summed E-state index contributed by atoms with van der Waals surface area (Å²) in [7, 11) is 0. The number of ketones is 1. The molecule has 0 N–H and O–H groups in total. The third-order valence-corrected chi connectivity index (χ3v) is 5.36. The van der Waals surface area contributed by atoms with Gasteiger partial charge in [-0.1, -0.05) is 45.9 Å². The fourth-order valence-corrected chi connectivity index (χ4v) is 3.64. The molecule has 2 heterocycles. The van der Waals surface area contributed by atoms with Gasteiger partial charge >= 0.3 is 0 Å². The van der Waals surface area contributed by atoms with E-state index in [1.54, 1.807) is 18.5 Å². The smallest absolute Gasteiger partial charge is 0.192 e. The Labute approximate surface area is 164 Å². The van der Waals surface area contributed by atoms with E-state index in [0.717, 1.165) is 15.9 Å². The van der Waals surface area contributed by atoms with Crippen LogP contribution >= 0.6 is 27.7 Å². The fraction of sp³-hybridized carbons (Fsp3) is 0.158. The lowest BCUT2D eigenvalue weighted by molar-refractivity contribution is 0.0994. The normalized spacial score (nSPS) is 11.9. The zero-order chi connectivity index (χ0) is 18.5. The molecule has 0 saturated heterocycles. The van der Waals surface area contributed by atoms with Gasteiger partial charge < -0.3 is 0 Å². The van der Waals surface area contributed by atoms with Gasteiger partial charge in [-0.2, -0.15) is 0 Å². The summed E-state index contributed by atoms with van der Waals surface area (Å²) in [4.78, 5) is 16.7. The van der Waals surface area contributed by atoms with Crippen molar-refractivity contribution in [1.29, 1.82) is 0 Å². The fourth-order valence-electron chi connectivity index (χ4n) is 2.44. The van der Waals surface area contributed by atoms with Gasteiger partial charge in [0.25, 0.3) is 0 Å². The van der Waals surface area contributed by atoms with Crippen molar-refractivity contribution in [2.24, 2.45) is 0 Å². The van der Waals surface area contributed by atoms with Gasteiger partial charge in [0.2, 0.25) is 0 Å². The van der Waals surface area contributed by atoms with Crippen LogP contribution in [0.15, 0.2) is 71.1 Å². The Hall–Kier alpha value is -2.25. The van der Waals surface area contributed by atoms with E-state index < -0.39 is 0 Å². The lowest BCUT2D eigenvalue weighted by Gasteiger charge is -2.12. The zero-order valence-corrected chi connectivity index (χ0v) is 16.6. The molecule has 132 valence electrons. The number of allylic oxidation sites excluding steroid dienone is 1. The number of thioether (sulfide) groups is 1. The van der Waals surface area contributed by atoms with Crippen molar-refractivity contribution >= 4 is 33.5 Å². The number of hydrogen-bond donors (Lipinski definition) is 0. The monoisotopic (exact) mass is 428 g/mol. The van der Waals surface area contributed by atoms with Crippen LogP contribution < -0.4 is 0 Å². The Morgan fingerprint density at radius 2 is 1.92 bits per heavy atom. The number of rotatable bonds is 7. The molecule has 3 aromatic rings. The third-order valence-electron chi connectivity index (χ3n) is 3.75. The van der Waals surface area contributed by atoms with Crippen molar-refractivity contribution in [3.63, 3.8) is 0 Å². The predicted octanol–water partition coefficient (Wildman–Crippen LogP) is 4.65. The van der Waals surface area contributed by atoms with Gasteiger partial charge in [0.15, 0.2) is 16.8 Å². The summed E-state index contributed by atoms with van der Waals surface area (Å²) in [6.45, 7) is 6.26. The molecule has 1 unspecified atom stereocenters. The second-order valence-corrected chi connectivity index (χ2v) is 7.80. The molecule has 3 rings (SSSR count). The Kier molecular flexibility index (Phi) is 6.00. The van der Waals surface area contributed by atoms with Gasteiger partial charge in [-0.3, -0.25) is 14.3 Å². The lowest BCUT2D eigenvalue weighted by atomic mass is 10.1. The first-order valence-electron chi connectivity index (χ1n) is 8.01. The number of hydrogen-bond acceptors (Lipinski definition) is 5. The molecule has 1 aromatic carbocycles. The summed E-state index contributed by atoms with van der Waals surface area (Å²) in [6, 6.07) is 11.1. The van der Waals surface area contributed by atoms with Crippen LogP contribution in [-0.2, 0) is 6.54 Å². The number of Topliss-reactive ketones (excluding diaryl/α,β-unsaturated/α-hetero) is 1. The number of nitrogens with zero attached hydrogens (tertiary/aromatic N) is 4. The average molecular weight is 429 g/mol. The summed E-state index contributed by atoms with van der Waals surface area (Å²) in [5.41, 5.74) is 1.60. The van der Waals surface area contributed by atoms with Crippen LogP contribution in [0.3, 0.4) is 0 Å². The van der Waals surface area contributed by atoms with E-state index in [0.29, 0.717) is 17.3 Å². The molecule has 0 radical (unpaired) electrons. The standard InChI is InChI=1S/C19H17BrN4OS/c1-3-12-24-18(15-8-10-21-11-9-15)22-23-19(24)26-13(2)17(25)14-4-6-16(20)7-5-14/h3-11,13H,1,12H2,2H3. The van der Waals surface area contributed by atoms with Gasteiger partial charge in [-0.15, -0.1) is 16.8 Å². The molecule has 0 saturated carbocycles. The molecule has 0 aliphatic carbocycles. The van der Waals surface area contributed by atoms with Crippen LogP contribution in [0.5, 0.6) is 0 Å². The van der Waals surface area contributed by atoms with E-state index in [1.165, 1.54) is 11.8 Å². The van der Waals surface area contributed by atoms with Crippen molar-refractivity contribution < 1.29 is 4.79 Å². The molecule has 2 aromatic heterocycles. The topological polar surface area (TPSA) is 60.7 Å². The molecule has 0 bridgehead atoms. The van der Waals surface area contributed by atoms with Crippen LogP contribution in [-0.4, -0.2) is 30.8 Å². The molecule has 0 aliphatic rings. The van der Waals surface area contributed by atoms with E-state index in [2.05, 4.69) is 37.7 Å². The number of carbonyl (C=O) groups is 1. The number of carbonyl (C=O) groups excluding carboxylic acids is 1. The minimum atomic E-state index is -0.283. The van der Waals surface area contributed by atoms with Crippen LogP contribution in [0.4, 0.5) is 0 Å². The van der Waals surface area contributed by atoms with Crippen LogP contribution in [0.2, 0.25) is 0 Å². The number of pyridine rings is 1. The molecule has 5 nitrogen and oxygen atoms in total. The number of benzene rings is 1. The van der Waals surface area contributed by atoms with Crippen molar-refractivity contribution in [3.05, 3.63) is 71.5 Å². The Morgan fingerprint density at radius 3 is 2.58 bits per heavy atom. The molecular formula is C19H17BrN4OS. The molecule has 0 spiro atoms. The highest BCUT2D eigenvalue weighted by Gasteiger charge is 2.21. The van der Waals surface area contributed by atoms with Gasteiger partial charge in [-0.25, -0.2) is 0 Å². The summed E-state index contributed by atoms with van der Waals surface area (Å²) in [5.74, 6) is 0.791. The second kappa shape index (κ2) is 8.42. The van der Waals surface area contributed by atoms with Crippen LogP contribution in [0.25, 0.3) is 11.4 Å². The minimum Gasteiger partial charge on any atom is -0.298 e. The van der Waals surface area contributed by atoms with Gasteiger partial charge in [-0.05, 0) is 31.2 Å². The maximum Gasteiger partial charge on any atom is 0.192 e. The Bertz CT molecular complexity index is 909. The summed E-state index contributed by atoms with van der Waals surface area (Å²) in [6.07, 6.45) is 5.23. The molecule has 0 aliphatic heterocycles. The SMILES string of the molecule is C=CCn1c(SC(C)C(=O)c2ccc(Br)cc2)nnc1-c1ccncc1. The second-order valence-electron chi connectivity index (χ2n) is 5.57. The summed E-state index contributed by atoms with van der Waals surface area (Å²) < 4.78 is 2.90. The molecule has 0 fully saturated rings. The average Bonchev–Trinajstić information content (AvgIpc) is 3.05. The van der Waals surface area contributed by atoms with Crippen molar-refractivity contribution in [2.45, 2.75) is 23.9 Å². The largest absolute Gasteiger partial charge is 0.298 e. The van der Waals surface area contributed by atoms with E-state index >= 15 is 0 Å². The maximum absolute atomic E-state index is 12.7. The highest BCUT2D eigenvalue weighted by Crippen LogP contribution is 2.28. The van der Waals surface area contributed by atoms with Gasteiger partial charge in [0, 0.05) is 34.5 Å². The Balaban J connectivity index is 1.85. The highest BCUT2D eigenvalue weighted by molar-refractivity contribution is 9.10. The number of halogens is 1. The van der Waals surface area contributed by atoms with Crippen molar-refractivity contribution in [1.82, 2.24) is 19.7 Å².